The Morgan fingerprint density at radius 2 is 2.29 bits per heavy atom. The number of carbonyl (C=O) groups excluding carboxylic acids is 2. The van der Waals surface area contributed by atoms with Crippen molar-refractivity contribution in [3.8, 4) is 0 Å². The number of fused-ring (bicyclic) bond motifs is 1. The van der Waals surface area contributed by atoms with Gasteiger partial charge in [-0.2, -0.15) is 0 Å². The molecule has 0 unspecified atom stereocenters. The lowest BCUT2D eigenvalue weighted by Crippen LogP contribution is -2.19. The first-order valence-electron chi connectivity index (χ1n) is 5.52. The Morgan fingerprint density at radius 3 is 3.00 bits per heavy atom. The molecule has 1 fully saturated rings. The van der Waals surface area contributed by atoms with E-state index in [9.17, 15) is 9.59 Å². The van der Waals surface area contributed by atoms with Gasteiger partial charge in [-0.15, -0.1) is 0 Å². The van der Waals surface area contributed by atoms with Crippen molar-refractivity contribution >= 4 is 17.5 Å². The fraction of sp³-hybridized carbons (Fsp3) is 0.333. The van der Waals surface area contributed by atoms with Crippen molar-refractivity contribution in [3.05, 3.63) is 29.3 Å². The van der Waals surface area contributed by atoms with Crippen LogP contribution in [0.5, 0.6) is 0 Å². The molecular weight excluding hydrogens is 220 g/mol. The molecule has 88 valence electrons. The Labute approximate surface area is 98.1 Å². The van der Waals surface area contributed by atoms with Crippen molar-refractivity contribution in [2.45, 2.75) is 25.7 Å². The average Bonchev–Trinajstić information content (AvgIpc) is 2.93. The Balaban J connectivity index is 1.76. The van der Waals surface area contributed by atoms with Gasteiger partial charge < -0.3 is 15.4 Å². The van der Waals surface area contributed by atoms with Gasteiger partial charge in [0.25, 0.3) is 11.8 Å². The summed E-state index contributed by atoms with van der Waals surface area (Å²) in [5.41, 5.74) is 2.30. The maximum absolute atomic E-state index is 11.6. The highest BCUT2D eigenvalue weighted by Gasteiger charge is 2.41. The van der Waals surface area contributed by atoms with Gasteiger partial charge in [0, 0.05) is 17.8 Å². The van der Waals surface area contributed by atoms with Crippen LogP contribution in [0.1, 0.15) is 22.8 Å². The zero-order chi connectivity index (χ0) is 12.0. The molecule has 5 heteroatoms. The molecule has 1 aromatic rings. The number of hydrogen-bond acceptors (Lipinski definition) is 3. The molecule has 1 saturated heterocycles. The number of amides is 2. The highest BCUT2D eigenvalue weighted by molar-refractivity contribution is 6.00. The van der Waals surface area contributed by atoms with E-state index in [-0.39, 0.29) is 24.0 Å². The number of carbonyl (C=O) groups is 2. The molecule has 2 atom stereocenters. The van der Waals surface area contributed by atoms with Crippen LogP contribution in [-0.4, -0.2) is 24.0 Å². The summed E-state index contributed by atoms with van der Waals surface area (Å²) in [6.07, 6.45) is -0.323. The standard InChI is InChI=1S/C12H12N2O3/c1-6-10(17-6)12(16)14-8-2-3-9-7(4-8)5-13-11(9)15/h2-4,6,10H,5H2,1H3,(H,13,15)(H,14,16)/t6-,10+/m0/s1. The van der Waals surface area contributed by atoms with Gasteiger partial charge in [-0.05, 0) is 30.7 Å². The Morgan fingerprint density at radius 1 is 1.53 bits per heavy atom. The maximum atomic E-state index is 11.6. The lowest BCUT2D eigenvalue weighted by atomic mass is 10.1. The van der Waals surface area contributed by atoms with Crippen molar-refractivity contribution < 1.29 is 14.3 Å². The van der Waals surface area contributed by atoms with Crippen LogP contribution in [0, 0.1) is 0 Å². The van der Waals surface area contributed by atoms with E-state index in [4.69, 9.17) is 4.74 Å². The van der Waals surface area contributed by atoms with E-state index in [1.807, 2.05) is 13.0 Å². The molecule has 0 saturated carbocycles. The second-order valence-corrected chi connectivity index (χ2v) is 4.31. The SMILES string of the molecule is C[C@@H]1O[C@H]1C(=O)Nc1ccc2c(c1)CNC2=O. The molecular formula is C12H12N2O3. The molecule has 0 aliphatic carbocycles. The van der Waals surface area contributed by atoms with E-state index in [2.05, 4.69) is 10.6 Å². The third-order valence-corrected chi connectivity index (χ3v) is 3.03. The molecule has 2 aliphatic rings. The van der Waals surface area contributed by atoms with Crippen molar-refractivity contribution in [1.29, 1.82) is 0 Å². The van der Waals surface area contributed by atoms with Crippen LogP contribution in [-0.2, 0) is 16.1 Å². The quantitative estimate of drug-likeness (QED) is 0.736. The fourth-order valence-electron chi connectivity index (χ4n) is 1.98. The summed E-state index contributed by atoms with van der Waals surface area (Å²) >= 11 is 0. The molecule has 0 radical (unpaired) electrons. The molecule has 2 amide bonds. The van der Waals surface area contributed by atoms with Gasteiger partial charge in [-0.1, -0.05) is 0 Å². The van der Waals surface area contributed by atoms with E-state index in [0.29, 0.717) is 17.8 Å². The van der Waals surface area contributed by atoms with Crippen molar-refractivity contribution in [3.63, 3.8) is 0 Å². The zero-order valence-electron chi connectivity index (χ0n) is 9.32. The van der Waals surface area contributed by atoms with Gasteiger partial charge in [-0.25, -0.2) is 0 Å². The summed E-state index contributed by atoms with van der Waals surface area (Å²) in [6, 6.07) is 5.28. The van der Waals surface area contributed by atoms with Crippen LogP contribution in [0.25, 0.3) is 0 Å². The summed E-state index contributed by atoms with van der Waals surface area (Å²) in [6.45, 7) is 2.38. The Kier molecular flexibility index (Phi) is 2.16. The summed E-state index contributed by atoms with van der Waals surface area (Å²) in [5, 5.41) is 5.51. The first-order chi connectivity index (χ1) is 8.15. The number of hydrogen-bond donors (Lipinski definition) is 2. The maximum Gasteiger partial charge on any atom is 0.256 e. The van der Waals surface area contributed by atoms with E-state index < -0.39 is 0 Å². The molecule has 5 nitrogen and oxygen atoms in total. The molecule has 17 heavy (non-hydrogen) atoms. The number of nitrogens with one attached hydrogen (secondary N) is 2. The third-order valence-electron chi connectivity index (χ3n) is 3.03. The summed E-state index contributed by atoms with van der Waals surface area (Å²) in [7, 11) is 0. The number of benzene rings is 1. The second kappa shape index (κ2) is 3.56. The predicted molar refractivity (Wildman–Crippen MR) is 60.6 cm³/mol. The van der Waals surface area contributed by atoms with Gasteiger partial charge in [0.05, 0.1) is 6.10 Å². The van der Waals surface area contributed by atoms with Crippen molar-refractivity contribution in [1.82, 2.24) is 5.32 Å². The smallest absolute Gasteiger partial charge is 0.256 e. The summed E-state index contributed by atoms with van der Waals surface area (Å²) < 4.78 is 5.08. The average molecular weight is 232 g/mol. The molecule has 2 N–H and O–H groups in total. The van der Waals surface area contributed by atoms with Gasteiger partial charge in [0.1, 0.15) is 0 Å². The minimum absolute atomic E-state index is 0.00710. The minimum Gasteiger partial charge on any atom is -0.359 e. The molecule has 0 bridgehead atoms. The first-order valence-corrected chi connectivity index (χ1v) is 5.52. The number of ether oxygens (including phenoxy) is 1. The minimum atomic E-state index is -0.331. The lowest BCUT2D eigenvalue weighted by molar-refractivity contribution is -0.117. The molecule has 0 spiro atoms. The number of epoxide rings is 1. The van der Waals surface area contributed by atoms with Gasteiger partial charge in [-0.3, -0.25) is 9.59 Å². The predicted octanol–water partition coefficient (Wildman–Crippen LogP) is 0.656. The largest absolute Gasteiger partial charge is 0.359 e. The molecule has 3 rings (SSSR count). The topological polar surface area (TPSA) is 70.7 Å². The van der Waals surface area contributed by atoms with Crippen LogP contribution in [0.15, 0.2) is 18.2 Å². The zero-order valence-corrected chi connectivity index (χ0v) is 9.32. The van der Waals surface area contributed by atoms with Crippen molar-refractivity contribution in [2.75, 3.05) is 5.32 Å². The highest BCUT2D eigenvalue weighted by atomic mass is 16.6. The van der Waals surface area contributed by atoms with E-state index >= 15 is 0 Å². The Hall–Kier alpha value is -1.88. The van der Waals surface area contributed by atoms with Gasteiger partial charge in [0.15, 0.2) is 6.10 Å². The molecule has 2 heterocycles. The second-order valence-electron chi connectivity index (χ2n) is 4.31. The van der Waals surface area contributed by atoms with E-state index in [1.54, 1.807) is 12.1 Å². The van der Waals surface area contributed by atoms with Gasteiger partial charge in [0.2, 0.25) is 0 Å². The van der Waals surface area contributed by atoms with Crippen LogP contribution >= 0.6 is 0 Å². The number of anilines is 1. The third kappa shape index (κ3) is 1.78. The van der Waals surface area contributed by atoms with Crippen LogP contribution in [0.4, 0.5) is 5.69 Å². The highest BCUT2D eigenvalue weighted by Crippen LogP contribution is 2.24. The molecule has 1 aromatic carbocycles. The van der Waals surface area contributed by atoms with Crippen LogP contribution in [0.2, 0.25) is 0 Å². The van der Waals surface area contributed by atoms with E-state index in [1.165, 1.54) is 0 Å². The lowest BCUT2D eigenvalue weighted by Gasteiger charge is -2.04. The molecule has 0 aromatic heterocycles. The monoisotopic (exact) mass is 232 g/mol. The normalized spacial score (nSPS) is 25.1. The fourth-order valence-corrected chi connectivity index (χ4v) is 1.98. The van der Waals surface area contributed by atoms with Crippen LogP contribution < -0.4 is 10.6 Å². The molecule has 2 aliphatic heterocycles. The van der Waals surface area contributed by atoms with Crippen LogP contribution in [0.3, 0.4) is 0 Å². The number of rotatable bonds is 2. The van der Waals surface area contributed by atoms with Crippen molar-refractivity contribution in [2.24, 2.45) is 0 Å². The van der Waals surface area contributed by atoms with E-state index in [0.717, 1.165) is 5.56 Å². The first kappa shape index (κ1) is 10.3. The van der Waals surface area contributed by atoms with Gasteiger partial charge >= 0.3 is 0 Å². The Bertz CT molecular complexity index is 512. The summed E-state index contributed by atoms with van der Waals surface area (Å²) in [5.74, 6) is -0.188. The summed E-state index contributed by atoms with van der Waals surface area (Å²) in [4.78, 5) is 23.0.